The van der Waals surface area contributed by atoms with Gasteiger partial charge in [0.1, 0.15) is 5.75 Å². The number of rotatable bonds is 9. The minimum absolute atomic E-state index is 0.000200. The highest BCUT2D eigenvalue weighted by atomic mass is 33.1. The average Bonchev–Trinajstić information content (AvgIpc) is 3.73. The van der Waals surface area contributed by atoms with E-state index in [9.17, 15) is 4.79 Å². The van der Waals surface area contributed by atoms with Gasteiger partial charge in [0.2, 0.25) is 5.75 Å². The normalized spacial score (nSPS) is 20.6. The Morgan fingerprint density at radius 2 is 1.48 bits per heavy atom. The van der Waals surface area contributed by atoms with Gasteiger partial charge in [-0.3, -0.25) is 14.6 Å². The Kier molecular flexibility index (Phi) is 11.9. The quantitative estimate of drug-likeness (QED) is 0.0703. The summed E-state index contributed by atoms with van der Waals surface area (Å²) in [5, 5.41) is 0.707. The smallest absolute Gasteiger partial charge is 0.311 e. The number of methoxy groups -OCH3 is 3. The van der Waals surface area contributed by atoms with Crippen molar-refractivity contribution in [2.45, 2.75) is 75.1 Å². The summed E-state index contributed by atoms with van der Waals surface area (Å²) in [6.45, 7) is 1.79. The molecule has 4 aromatic rings. The van der Waals surface area contributed by atoms with Crippen LogP contribution in [-0.4, -0.2) is 75.3 Å². The van der Waals surface area contributed by atoms with Crippen molar-refractivity contribution in [2.24, 2.45) is 0 Å². The minimum Gasteiger partial charge on any atom is -0.493 e. The SMILES string of the molecule is COc1cc2c3cc1Oc1c(OC)c(OC)cc4c1[C@H](Cc1ccc(cc1)Oc1cc(ccc1OC(=O)CCCC[C@H]1CCSS1)C[C@H]3N(C)CC2)N(C)CC4. The van der Waals surface area contributed by atoms with Crippen molar-refractivity contribution >= 4 is 27.6 Å². The van der Waals surface area contributed by atoms with E-state index in [0.717, 1.165) is 68.3 Å². The number of ether oxygens (including phenoxy) is 6. The number of fused-ring (bicyclic) bond motifs is 2. The number of nitrogens with zero attached hydrogens (tertiary/aromatic N) is 2. The van der Waals surface area contributed by atoms with Gasteiger partial charge in [-0.2, -0.15) is 0 Å². The van der Waals surface area contributed by atoms with E-state index in [2.05, 4.69) is 60.3 Å². The largest absolute Gasteiger partial charge is 0.493 e. The number of hydrogen-bond donors (Lipinski definition) is 0. The van der Waals surface area contributed by atoms with Crippen LogP contribution in [0.4, 0.5) is 0 Å². The van der Waals surface area contributed by atoms with E-state index in [-0.39, 0.29) is 18.1 Å². The highest BCUT2D eigenvalue weighted by molar-refractivity contribution is 8.77. The van der Waals surface area contributed by atoms with E-state index in [0.29, 0.717) is 64.1 Å². The van der Waals surface area contributed by atoms with Gasteiger partial charge < -0.3 is 28.4 Å². The molecule has 0 spiro atoms. The summed E-state index contributed by atoms with van der Waals surface area (Å²) in [6, 6.07) is 20.6. The molecule has 3 atom stereocenters. The molecule has 0 amide bonds. The Balaban J connectivity index is 1.19. The molecular weight excluding hydrogens is 745 g/mol. The van der Waals surface area contributed by atoms with Gasteiger partial charge in [-0.05, 0) is 129 Å². The summed E-state index contributed by atoms with van der Waals surface area (Å²) in [5.41, 5.74) is 6.90. The number of esters is 1. The molecule has 0 unspecified atom stereocenters. The van der Waals surface area contributed by atoms with E-state index in [1.54, 1.807) is 21.3 Å². The molecule has 0 saturated carbocycles. The van der Waals surface area contributed by atoms with Crippen LogP contribution in [0.25, 0.3) is 0 Å². The standard InChI is InChI=1S/C45H52N2O7S2/c1-46-19-16-30-25-38(49-3)40-27-34(30)35(46)23-29-12-15-37(53-42(48)9-7-6-8-33-18-21-55-56-33)39(24-29)52-32-13-10-28(11-14-32)22-36-43-31(17-20-47(36)2)26-41(50-4)44(51-5)45(43)54-40/h10-15,24-27,33,35-36H,6-9,16-23H2,1-5H3/t33-,35+,36-/m0/s1. The third-order valence-corrected chi connectivity index (χ3v) is 14.7. The number of benzene rings is 4. The van der Waals surface area contributed by atoms with Crippen molar-refractivity contribution < 1.29 is 33.2 Å². The first-order chi connectivity index (χ1) is 27.3. The van der Waals surface area contributed by atoms with Crippen molar-refractivity contribution in [3.05, 3.63) is 94.0 Å². The molecule has 1 fully saturated rings. The van der Waals surface area contributed by atoms with Gasteiger partial charge in [-0.25, -0.2) is 0 Å². The molecular formula is C45H52N2O7S2. The lowest BCUT2D eigenvalue weighted by atomic mass is 9.87. The molecule has 5 heterocycles. The summed E-state index contributed by atoms with van der Waals surface area (Å²) in [4.78, 5) is 18.0. The Morgan fingerprint density at radius 3 is 2.23 bits per heavy atom. The van der Waals surface area contributed by atoms with Gasteiger partial charge >= 0.3 is 5.97 Å². The van der Waals surface area contributed by atoms with Crippen LogP contribution < -0.4 is 28.4 Å². The molecule has 0 aliphatic carbocycles. The second-order valence-electron chi connectivity index (χ2n) is 15.3. The second kappa shape index (κ2) is 17.2. The third kappa shape index (κ3) is 8.19. The van der Waals surface area contributed by atoms with Crippen LogP contribution in [0.3, 0.4) is 0 Å². The van der Waals surface area contributed by atoms with Crippen molar-refractivity contribution in [1.29, 1.82) is 0 Å². The van der Waals surface area contributed by atoms with Gasteiger partial charge in [0, 0.05) is 48.2 Å². The van der Waals surface area contributed by atoms with Crippen molar-refractivity contribution in [1.82, 2.24) is 9.80 Å². The van der Waals surface area contributed by atoms with Crippen LogP contribution in [0.1, 0.15) is 77.6 Å². The van der Waals surface area contributed by atoms with Gasteiger partial charge in [-0.1, -0.05) is 46.2 Å². The highest BCUT2D eigenvalue weighted by Gasteiger charge is 2.35. The highest BCUT2D eigenvalue weighted by Crippen LogP contribution is 2.52. The van der Waals surface area contributed by atoms with Gasteiger partial charge in [0.25, 0.3) is 0 Å². The summed E-state index contributed by atoms with van der Waals surface area (Å²) < 4.78 is 37.7. The third-order valence-electron chi connectivity index (χ3n) is 11.7. The second-order valence-corrected chi connectivity index (χ2v) is 18.1. The molecule has 4 aromatic carbocycles. The zero-order valence-electron chi connectivity index (χ0n) is 33.1. The van der Waals surface area contributed by atoms with E-state index in [1.165, 1.54) is 28.9 Å². The number of carbonyl (C=O) groups excluding carboxylic acids is 1. The van der Waals surface area contributed by atoms with Crippen molar-refractivity contribution in [2.75, 3.05) is 54.3 Å². The number of likely N-dealkylation sites (N-methyl/N-ethyl adjacent to an activating group) is 2. The zero-order valence-corrected chi connectivity index (χ0v) is 34.7. The lowest BCUT2D eigenvalue weighted by molar-refractivity contribution is -0.134. The molecule has 9 nitrogen and oxygen atoms in total. The fraction of sp³-hybridized carbons (Fsp3) is 0.444. The van der Waals surface area contributed by atoms with Gasteiger partial charge in [-0.15, -0.1) is 0 Å². The van der Waals surface area contributed by atoms with Gasteiger partial charge in [0.05, 0.1) is 21.3 Å². The van der Waals surface area contributed by atoms with Crippen LogP contribution >= 0.6 is 21.6 Å². The van der Waals surface area contributed by atoms with E-state index >= 15 is 0 Å². The maximum Gasteiger partial charge on any atom is 0.311 e. The molecule has 11 heteroatoms. The van der Waals surface area contributed by atoms with E-state index in [4.69, 9.17) is 28.4 Å². The fourth-order valence-corrected chi connectivity index (χ4v) is 11.6. The number of carbonyl (C=O) groups is 1. The summed E-state index contributed by atoms with van der Waals surface area (Å²) in [6.07, 6.45) is 7.83. The first kappa shape index (κ1) is 38.8. The number of hydrogen-bond acceptors (Lipinski definition) is 11. The first-order valence-electron chi connectivity index (χ1n) is 19.8. The van der Waals surface area contributed by atoms with Crippen LogP contribution in [0.5, 0.6) is 46.0 Å². The Morgan fingerprint density at radius 1 is 0.768 bits per heavy atom. The summed E-state index contributed by atoms with van der Waals surface area (Å²) in [5.74, 6) is 5.82. The molecule has 1 saturated heterocycles. The topological polar surface area (TPSA) is 78.9 Å². The fourth-order valence-electron chi connectivity index (χ4n) is 8.57. The lowest BCUT2D eigenvalue weighted by Crippen LogP contribution is -2.34. The van der Waals surface area contributed by atoms with Crippen LogP contribution in [0.2, 0.25) is 0 Å². The van der Waals surface area contributed by atoms with E-state index in [1.807, 2.05) is 45.9 Å². The van der Waals surface area contributed by atoms with E-state index < -0.39 is 0 Å². The minimum atomic E-state index is -0.228. The molecule has 0 N–H and O–H groups in total. The maximum atomic E-state index is 13.2. The lowest BCUT2D eigenvalue weighted by Gasteiger charge is -2.37. The van der Waals surface area contributed by atoms with Crippen molar-refractivity contribution in [3.8, 4) is 46.0 Å². The molecule has 56 heavy (non-hydrogen) atoms. The predicted octanol–water partition coefficient (Wildman–Crippen LogP) is 9.77. The number of unbranched alkanes of at least 4 members (excludes halogenated alkanes) is 1. The maximum absolute atomic E-state index is 13.2. The van der Waals surface area contributed by atoms with Gasteiger partial charge in [0.15, 0.2) is 34.5 Å². The molecule has 9 rings (SSSR count). The molecule has 0 radical (unpaired) electrons. The first-order valence-corrected chi connectivity index (χ1v) is 22.2. The average molecular weight is 797 g/mol. The molecule has 0 aromatic heterocycles. The predicted molar refractivity (Wildman–Crippen MR) is 224 cm³/mol. The Labute approximate surface area is 338 Å². The van der Waals surface area contributed by atoms with Crippen LogP contribution in [0, 0.1) is 0 Å². The van der Waals surface area contributed by atoms with Crippen LogP contribution in [-0.2, 0) is 30.5 Å². The summed E-state index contributed by atoms with van der Waals surface area (Å²) >= 11 is 0. The summed E-state index contributed by atoms with van der Waals surface area (Å²) in [7, 11) is 13.3. The van der Waals surface area contributed by atoms with Crippen molar-refractivity contribution in [3.63, 3.8) is 0 Å². The monoisotopic (exact) mass is 796 g/mol. The molecule has 5 aliphatic heterocycles. The molecule has 5 aliphatic rings. The van der Waals surface area contributed by atoms with Crippen LogP contribution in [0.15, 0.2) is 60.7 Å². The molecule has 6 bridgehead atoms. The zero-order chi connectivity index (χ0) is 38.8. The Bertz CT molecular complexity index is 2050. The molecule has 296 valence electrons. The Hall–Kier alpha value is -4.03.